The Hall–Kier alpha value is -1.71. The van der Waals surface area contributed by atoms with Gasteiger partial charge in [-0.25, -0.2) is 8.42 Å². The third-order valence-electron chi connectivity index (χ3n) is 4.18. The summed E-state index contributed by atoms with van der Waals surface area (Å²) in [5.74, 6) is 1.47. The van der Waals surface area contributed by atoms with Gasteiger partial charge in [-0.2, -0.15) is 9.29 Å². The number of rotatable bonds is 4. The van der Waals surface area contributed by atoms with Crippen LogP contribution >= 0.6 is 0 Å². The highest BCUT2D eigenvalue weighted by Gasteiger charge is 2.47. The van der Waals surface area contributed by atoms with Crippen LogP contribution in [0.5, 0.6) is 0 Å². The molecule has 0 unspecified atom stereocenters. The molecule has 132 valence electrons. The van der Waals surface area contributed by atoms with Gasteiger partial charge in [0.1, 0.15) is 16.4 Å². The summed E-state index contributed by atoms with van der Waals surface area (Å²) in [4.78, 5) is 4.33. The van der Waals surface area contributed by atoms with Crippen molar-refractivity contribution in [1.82, 2.24) is 14.4 Å². The molecule has 0 bridgehead atoms. The highest BCUT2D eigenvalue weighted by molar-refractivity contribution is 7.89. The van der Waals surface area contributed by atoms with E-state index in [4.69, 9.17) is 8.94 Å². The molecule has 1 aliphatic rings. The van der Waals surface area contributed by atoms with Gasteiger partial charge in [0, 0.05) is 18.9 Å². The molecular formula is C15H21N3O5S. The summed E-state index contributed by atoms with van der Waals surface area (Å²) in [6, 6.07) is 1.49. The summed E-state index contributed by atoms with van der Waals surface area (Å²) >= 11 is 0. The fourth-order valence-corrected chi connectivity index (χ4v) is 4.51. The number of aliphatic hydroxyl groups is 1. The van der Waals surface area contributed by atoms with E-state index in [-0.39, 0.29) is 36.2 Å². The summed E-state index contributed by atoms with van der Waals surface area (Å²) in [7, 11) is -3.75. The molecule has 9 heteroatoms. The highest BCUT2D eigenvalue weighted by Crippen LogP contribution is 2.35. The number of β-amino-alcohol motifs (C(OH)–C–C–N with tert-alkyl or cyclic N) is 1. The van der Waals surface area contributed by atoms with Gasteiger partial charge in [0.15, 0.2) is 11.4 Å². The molecule has 0 amide bonds. The minimum atomic E-state index is -3.75. The Morgan fingerprint density at radius 1 is 1.38 bits per heavy atom. The molecule has 0 radical (unpaired) electrons. The van der Waals surface area contributed by atoms with E-state index in [0.717, 1.165) is 0 Å². The van der Waals surface area contributed by atoms with Crippen LogP contribution < -0.4 is 0 Å². The van der Waals surface area contributed by atoms with Crippen LogP contribution in [0.2, 0.25) is 0 Å². The second-order valence-electron chi connectivity index (χ2n) is 6.51. The number of furan rings is 1. The second-order valence-corrected chi connectivity index (χ2v) is 8.42. The molecule has 0 spiro atoms. The SMILES string of the molecule is Cc1cc(S(=O)(=O)N2CC[C@@](O)(c3nc(C(C)C)no3)C2)c(C)o1. The maximum absolute atomic E-state index is 12.8. The fraction of sp³-hybridized carbons (Fsp3) is 0.600. The molecule has 3 heterocycles. The van der Waals surface area contributed by atoms with E-state index in [9.17, 15) is 13.5 Å². The molecule has 2 aromatic rings. The fourth-order valence-electron chi connectivity index (χ4n) is 2.80. The molecule has 1 atom stereocenters. The van der Waals surface area contributed by atoms with Crippen LogP contribution in [0.3, 0.4) is 0 Å². The predicted octanol–water partition coefficient (Wildman–Crippen LogP) is 1.69. The van der Waals surface area contributed by atoms with Gasteiger partial charge < -0.3 is 14.0 Å². The number of hydrogen-bond donors (Lipinski definition) is 1. The van der Waals surface area contributed by atoms with Crippen molar-refractivity contribution in [1.29, 1.82) is 0 Å². The third kappa shape index (κ3) is 2.76. The zero-order chi connectivity index (χ0) is 17.7. The zero-order valence-corrected chi connectivity index (χ0v) is 14.9. The average Bonchev–Trinajstić information content (AvgIpc) is 3.17. The first kappa shape index (κ1) is 17.1. The first-order valence-electron chi connectivity index (χ1n) is 7.77. The molecule has 3 rings (SSSR count). The van der Waals surface area contributed by atoms with Crippen LogP contribution in [-0.4, -0.2) is 41.1 Å². The van der Waals surface area contributed by atoms with E-state index >= 15 is 0 Å². The van der Waals surface area contributed by atoms with Gasteiger partial charge in [-0.15, -0.1) is 0 Å². The van der Waals surface area contributed by atoms with Gasteiger partial charge in [-0.05, 0) is 19.9 Å². The number of sulfonamides is 1. The van der Waals surface area contributed by atoms with Gasteiger partial charge in [0.2, 0.25) is 10.0 Å². The summed E-state index contributed by atoms with van der Waals surface area (Å²) in [5.41, 5.74) is -1.47. The van der Waals surface area contributed by atoms with Crippen molar-refractivity contribution in [2.75, 3.05) is 13.1 Å². The Balaban J connectivity index is 1.87. The normalized spacial score (nSPS) is 22.6. The predicted molar refractivity (Wildman–Crippen MR) is 83.8 cm³/mol. The van der Waals surface area contributed by atoms with Crippen LogP contribution in [0.1, 0.15) is 49.4 Å². The number of nitrogens with zero attached hydrogens (tertiary/aromatic N) is 3. The van der Waals surface area contributed by atoms with Gasteiger partial charge in [0.25, 0.3) is 5.89 Å². The molecule has 1 N–H and O–H groups in total. The van der Waals surface area contributed by atoms with Crippen LogP contribution in [0.25, 0.3) is 0 Å². The number of aryl methyl sites for hydroxylation is 2. The van der Waals surface area contributed by atoms with Crippen LogP contribution in [0.15, 0.2) is 19.9 Å². The van der Waals surface area contributed by atoms with E-state index in [0.29, 0.717) is 17.3 Å². The van der Waals surface area contributed by atoms with E-state index < -0.39 is 15.6 Å². The lowest BCUT2D eigenvalue weighted by molar-refractivity contribution is 0.0194. The van der Waals surface area contributed by atoms with Crippen LogP contribution in [0, 0.1) is 13.8 Å². The van der Waals surface area contributed by atoms with Gasteiger partial charge in [-0.3, -0.25) is 0 Å². The topological polar surface area (TPSA) is 110 Å². The van der Waals surface area contributed by atoms with Gasteiger partial charge in [-0.1, -0.05) is 19.0 Å². The number of hydrogen-bond acceptors (Lipinski definition) is 7. The molecule has 0 saturated carbocycles. The molecule has 24 heavy (non-hydrogen) atoms. The average molecular weight is 355 g/mol. The third-order valence-corrected chi connectivity index (χ3v) is 6.13. The molecule has 2 aromatic heterocycles. The molecule has 1 saturated heterocycles. The van der Waals surface area contributed by atoms with Crippen molar-refractivity contribution in [2.45, 2.75) is 50.5 Å². The minimum Gasteiger partial charge on any atom is -0.465 e. The second kappa shape index (κ2) is 5.68. The molecular weight excluding hydrogens is 334 g/mol. The molecule has 1 aliphatic heterocycles. The molecule has 8 nitrogen and oxygen atoms in total. The maximum Gasteiger partial charge on any atom is 0.260 e. The Kier molecular flexibility index (Phi) is 4.05. The standard InChI is InChI=1S/C15H21N3O5S/c1-9(2)13-16-14(23-17-13)15(19)5-6-18(8-15)24(20,21)12-7-10(3)22-11(12)4/h7,9,19H,5-6,8H2,1-4H3/t15-/m0/s1. The first-order valence-corrected chi connectivity index (χ1v) is 9.21. The smallest absolute Gasteiger partial charge is 0.260 e. The lowest BCUT2D eigenvalue weighted by Gasteiger charge is -2.19. The van der Waals surface area contributed by atoms with Crippen molar-refractivity contribution in [3.05, 3.63) is 29.3 Å². The monoisotopic (exact) mass is 355 g/mol. The summed E-state index contributed by atoms with van der Waals surface area (Å²) in [5, 5.41) is 14.6. The Labute approximate surface area is 140 Å². The van der Waals surface area contributed by atoms with Crippen LogP contribution in [-0.2, 0) is 15.6 Å². The van der Waals surface area contributed by atoms with Gasteiger partial charge in [0.05, 0.1) is 6.54 Å². The van der Waals surface area contributed by atoms with E-state index in [2.05, 4.69) is 10.1 Å². The zero-order valence-electron chi connectivity index (χ0n) is 14.1. The van der Waals surface area contributed by atoms with Crippen molar-refractivity contribution in [3.63, 3.8) is 0 Å². The Morgan fingerprint density at radius 3 is 2.62 bits per heavy atom. The quantitative estimate of drug-likeness (QED) is 0.888. The lowest BCUT2D eigenvalue weighted by atomic mass is 10.0. The number of aromatic nitrogens is 2. The first-order chi connectivity index (χ1) is 11.1. The van der Waals surface area contributed by atoms with Crippen LogP contribution in [0.4, 0.5) is 0 Å². The summed E-state index contributed by atoms with van der Waals surface area (Å²) < 4.78 is 37.3. The molecule has 1 fully saturated rings. The van der Waals surface area contributed by atoms with Crippen molar-refractivity contribution in [2.24, 2.45) is 0 Å². The maximum atomic E-state index is 12.8. The van der Waals surface area contributed by atoms with E-state index in [1.165, 1.54) is 10.4 Å². The Morgan fingerprint density at radius 2 is 2.08 bits per heavy atom. The van der Waals surface area contributed by atoms with Crippen molar-refractivity contribution in [3.8, 4) is 0 Å². The van der Waals surface area contributed by atoms with Crippen molar-refractivity contribution < 1.29 is 22.5 Å². The van der Waals surface area contributed by atoms with E-state index in [1.54, 1.807) is 13.8 Å². The molecule has 0 aromatic carbocycles. The summed E-state index contributed by atoms with van der Waals surface area (Å²) in [6.45, 7) is 7.16. The minimum absolute atomic E-state index is 0.0592. The largest absolute Gasteiger partial charge is 0.465 e. The van der Waals surface area contributed by atoms with Gasteiger partial charge >= 0.3 is 0 Å². The lowest BCUT2D eigenvalue weighted by Crippen LogP contribution is -2.34. The van der Waals surface area contributed by atoms with Crippen molar-refractivity contribution >= 4 is 10.0 Å². The highest BCUT2D eigenvalue weighted by atomic mass is 32.2. The molecule has 0 aliphatic carbocycles. The van der Waals surface area contributed by atoms with E-state index in [1.807, 2.05) is 13.8 Å². The summed E-state index contributed by atoms with van der Waals surface area (Å²) in [6.07, 6.45) is 0.196. The Bertz CT molecular complexity index is 854.